The van der Waals surface area contributed by atoms with Crippen LogP contribution in [0.25, 0.3) is 0 Å². The van der Waals surface area contributed by atoms with Crippen LogP contribution >= 0.6 is 0 Å². The summed E-state index contributed by atoms with van der Waals surface area (Å²) in [4.78, 5) is 2.80. The van der Waals surface area contributed by atoms with E-state index in [-0.39, 0.29) is 0 Å². The van der Waals surface area contributed by atoms with Crippen LogP contribution in [0.3, 0.4) is 0 Å². The highest BCUT2D eigenvalue weighted by molar-refractivity contribution is 4.97. The second-order valence-electron chi connectivity index (χ2n) is 1.32. The van der Waals surface area contributed by atoms with Crippen LogP contribution in [-0.2, 0) is 0 Å². The second kappa shape index (κ2) is 2.05. The summed E-state index contributed by atoms with van der Waals surface area (Å²) in [5.74, 6) is -4.37. The van der Waals surface area contributed by atoms with Gasteiger partial charge in [0.15, 0.2) is 5.82 Å². The van der Waals surface area contributed by atoms with Gasteiger partial charge in [0.25, 0.3) is 5.95 Å². The Labute approximate surface area is 49.1 Å². The lowest BCUT2D eigenvalue weighted by Crippen LogP contribution is -1.92. The van der Waals surface area contributed by atoms with Crippen molar-refractivity contribution in [3.05, 3.63) is 29.8 Å². The maximum absolute atomic E-state index is 11.9. The van der Waals surface area contributed by atoms with Gasteiger partial charge < -0.3 is 0 Å². The highest BCUT2D eigenvalue weighted by Crippen LogP contribution is 2.04. The van der Waals surface area contributed by atoms with Gasteiger partial charge in [-0.2, -0.15) is 8.78 Å². The molecule has 0 spiro atoms. The van der Waals surface area contributed by atoms with Crippen molar-refractivity contribution in [2.24, 2.45) is 0 Å². The third-order valence-electron chi connectivity index (χ3n) is 0.743. The predicted molar refractivity (Wildman–Crippen MR) is 22.9 cm³/mol. The third kappa shape index (κ3) is 1.01. The van der Waals surface area contributed by atoms with Gasteiger partial charge in [0, 0.05) is 12.3 Å². The number of halogens is 3. The van der Waals surface area contributed by atoms with Crippen LogP contribution < -0.4 is 0 Å². The average Bonchev–Trinajstić information content (AvgIpc) is 1.83. The molecule has 0 saturated heterocycles. The molecule has 0 saturated carbocycles. The van der Waals surface area contributed by atoms with E-state index in [1.807, 2.05) is 0 Å². The quantitative estimate of drug-likeness (QED) is 0.485. The normalized spacial score (nSPS) is 9.67. The zero-order valence-corrected chi connectivity index (χ0v) is 4.16. The molecule has 0 N–H and O–H groups in total. The number of aromatic nitrogens is 1. The molecule has 0 fully saturated rings. The Hall–Kier alpha value is -1.06. The fourth-order valence-corrected chi connectivity index (χ4v) is 0.356. The third-order valence-corrected chi connectivity index (χ3v) is 0.743. The Morgan fingerprint density at radius 2 is 2.00 bits per heavy atom. The molecule has 1 rings (SSSR count). The summed E-state index contributed by atoms with van der Waals surface area (Å²) in [5.41, 5.74) is 0. The first-order valence-electron chi connectivity index (χ1n) is 2.09. The minimum atomic E-state index is -1.59. The Morgan fingerprint density at radius 1 is 1.33 bits per heavy atom. The Morgan fingerprint density at radius 3 is 2.44 bits per heavy atom. The highest BCUT2D eigenvalue weighted by Gasteiger charge is 2.06. The first kappa shape index (κ1) is 6.07. The molecule has 0 aliphatic carbocycles. The van der Waals surface area contributed by atoms with E-state index in [2.05, 4.69) is 4.98 Å². The summed E-state index contributed by atoms with van der Waals surface area (Å²) in [6.07, 6.45) is 0.730. The molecule has 0 aliphatic heterocycles. The van der Waals surface area contributed by atoms with Crippen LogP contribution in [-0.4, -0.2) is 4.98 Å². The molecule has 1 radical (unpaired) electrons. The average molecular weight is 132 g/mol. The van der Waals surface area contributed by atoms with Crippen molar-refractivity contribution < 1.29 is 13.2 Å². The van der Waals surface area contributed by atoms with Crippen molar-refractivity contribution in [3.8, 4) is 0 Å². The second-order valence-corrected chi connectivity index (χ2v) is 1.32. The molecule has 9 heavy (non-hydrogen) atoms. The number of hydrogen-bond donors (Lipinski definition) is 0. The molecule has 1 heterocycles. The van der Waals surface area contributed by atoms with E-state index >= 15 is 0 Å². The standard InChI is InChI=1S/C5HF3N/c6-3-1-2-9-5(8)4(3)7/h2H. The van der Waals surface area contributed by atoms with E-state index in [0.717, 1.165) is 6.20 Å². The summed E-state index contributed by atoms with van der Waals surface area (Å²) < 4.78 is 35.6. The van der Waals surface area contributed by atoms with Crippen molar-refractivity contribution in [3.63, 3.8) is 0 Å². The number of nitrogens with zero attached hydrogens (tertiary/aromatic N) is 1. The number of pyridine rings is 1. The Balaban J connectivity index is 3.25. The maximum atomic E-state index is 11.9. The highest BCUT2D eigenvalue weighted by atomic mass is 19.2. The van der Waals surface area contributed by atoms with Crippen LogP contribution in [0.15, 0.2) is 6.20 Å². The molecule has 0 amide bonds. The van der Waals surface area contributed by atoms with Gasteiger partial charge in [-0.15, -0.1) is 0 Å². The first-order chi connectivity index (χ1) is 4.22. The van der Waals surface area contributed by atoms with E-state index in [1.54, 1.807) is 6.07 Å². The van der Waals surface area contributed by atoms with E-state index in [4.69, 9.17) is 0 Å². The summed E-state index contributed by atoms with van der Waals surface area (Å²) in [6, 6.07) is 1.75. The van der Waals surface area contributed by atoms with E-state index in [9.17, 15) is 13.2 Å². The van der Waals surface area contributed by atoms with Crippen LogP contribution in [0.1, 0.15) is 0 Å². The van der Waals surface area contributed by atoms with Gasteiger partial charge in [0.2, 0.25) is 5.82 Å². The van der Waals surface area contributed by atoms with Crippen LogP contribution in [0.2, 0.25) is 0 Å². The van der Waals surface area contributed by atoms with E-state index in [1.165, 1.54) is 0 Å². The minimum absolute atomic E-state index is 0.730. The zero-order valence-electron chi connectivity index (χ0n) is 4.16. The van der Waals surface area contributed by atoms with Gasteiger partial charge >= 0.3 is 0 Å². The minimum Gasteiger partial charge on any atom is -0.225 e. The van der Waals surface area contributed by atoms with Gasteiger partial charge in [-0.05, 0) is 0 Å². The summed E-state index contributed by atoms with van der Waals surface area (Å²) in [5, 5.41) is 0. The van der Waals surface area contributed by atoms with Crippen molar-refractivity contribution in [2.45, 2.75) is 0 Å². The van der Waals surface area contributed by atoms with Crippen LogP contribution in [0.5, 0.6) is 0 Å². The predicted octanol–water partition coefficient (Wildman–Crippen LogP) is 1.30. The van der Waals surface area contributed by atoms with Crippen LogP contribution in [0, 0.1) is 23.6 Å². The maximum Gasteiger partial charge on any atom is 0.252 e. The lowest BCUT2D eigenvalue weighted by atomic mass is 10.4. The van der Waals surface area contributed by atoms with Gasteiger partial charge in [-0.3, -0.25) is 0 Å². The molecule has 47 valence electrons. The fraction of sp³-hybridized carbons (Fsp3) is 0. The van der Waals surface area contributed by atoms with Crippen LogP contribution in [0.4, 0.5) is 13.2 Å². The molecule has 0 bridgehead atoms. The van der Waals surface area contributed by atoms with E-state index in [0.29, 0.717) is 0 Å². The van der Waals surface area contributed by atoms with Crippen molar-refractivity contribution in [2.75, 3.05) is 0 Å². The van der Waals surface area contributed by atoms with E-state index < -0.39 is 17.6 Å². The van der Waals surface area contributed by atoms with Crippen molar-refractivity contribution in [1.82, 2.24) is 4.98 Å². The lowest BCUT2D eigenvalue weighted by Gasteiger charge is -1.88. The molecule has 0 aromatic carbocycles. The lowest BCUT2D eigenvalue weighted by molar-refractivity contribution is 0.425. The largest absolute Gasteiger partial charge is 0.252 e. The van der Waals surface area contributed by atoms with Gasteiger partial charge in [-0.25, -0.2) is 9.37 Å². The molecule has 4 heteroatoms. The summed E-state index contributed by atoms with van der Waals surface area (Å²) >= 11 is 0. The Bertz CT molecular complexity index is 203. The monoisotopic (exact) mass is 132 g/mol. The number of rotatable bonds is 0. The Kier molecular flexibility index (Phi) is 1.38. The summed E-state index contributed by atoms with van der Waals surface area (Å²) in [6.45, 7) is 0. The molecule has 0 atom stereocenters. The molecule has 0 aliphatic rings. The topological polar surface area (TPSA) is 12.9 Å². The molecule has 0 unspecified atom stereocenters. The summed E-state index contributed by atoms with van der Waals surface area (Å²) in [7, 11) is 0. The molecule has 1 nitrogen and oxygen atoms in total. The zero-order chi connectivity index (χ0) is 6.85. The number of hydrogen-bond acceptors (Lipinski definition) is 1. The van der Waals surface area contributed by atoms with Crippen molar-refractivity contribution in [1.29, 1.82) is 0 Å². The molecular weight excluding hydrogens is 131 g/mol. The first-order valence-corrected chi connectivity index (χ1v) is 2.09. The van der Waals surface area contributed by atoms with Gasteiger partial charge in [-0.1, -0.05) is 0 Å². The molecule has 1 aromatic rings. The fourth-order valence-electron chi connectivity index (χ4n) is 0.356. The van der Waals surface area contributed by atoms with Crippen molar-refractivity contribution >= 4 is 0 Å². The SMILES string of the molecule is Fc1[c]cnc(F)c1F. The molecule has 1 aromatic heterocycles. The van der Waals surface area contributed by atoms with Gasteiger partial charge in [0.1, 0.15) is 0 Å². The smallest absolute Gasteiger partial charge is 0.225 e. The van der Waals surface area contributed by atoms with Gasteiger partial charge in [0.05, 0.1) is 0 Å². The molecular formula is C5HF3N.